The first-order valence-electron chi connectivity index (χ1n) is 12.3. The molecule has 1 unspecified atom stereocenters. The summed E-state index contributed by atoms with van der Waals surface area (Å²) in [6.45, 7) is 3.83. The number of para-hydroxylation sites is 1. The van der Waals surface area contributed by atoms with Gasteiger partial charge in [0, 0.05) is 36.2 Å². The Morgan fingerprint density at radius 1 is 0.971 bits per heavy atom. The van der Waals surface area contributed by atoms with Crippen LogP contribution in [0.3, 0.4) is 0 Å². The van der Waals surface area contributed by atoms with Crippen LogP contribution in [0, 0.1) is 11.7 Å². The molecule has 5 nitrogen and oxygen atoms in total. The number of hydrogen-bond acceptors (Lipinski definition) is 4. The number of carbonyl (C=O) groups is 2. The highest BCUT2D eigenvalue weighted by Crippen LogP contribution is 2.29. The molecule has 5 rings (SSSR count). The number of piperidine rings is 1. The molecule has 178 valence electrons. The second-order valence-electron chi connectivity index (χ2n) is 9.57. The van der Waals surface area contributed by atoms with Crippen LogP contribution in [0.2, 0.25) is 0 Å². The van der Waals surface area contributed by atoms with Gasteiger partial charge in [-0.3, -0.25) is 9.59 Å². The molecule has 0 radical (unpaired) electrons. The number of hydrogen-bond donors (Lipinski definition) is 0. The first-order valence-corrected chi connectivity index (χ1v) is 12.3. The van der Waals surface area contributed by atoms with Crippen LogP contribution in [0.5, 0.6) is 5.75 Å². The van der Waals surface area contributed by atoms with E-state index in [4.69, 9.17) is 4.74 Å². The number of Topliss-reactive ketones (excluding diaryl/α,β-unsaturated/α-hetero) is 1. The summed E-state index contributed by atoms with van der Waals surface area (Å²) >= 11 is 0. The summed E-state index contributed by atoms with van der Waals surface area (Å²) in [5, 5.41) is 0. The number of halogens is 1. The summed E-state index contributed by atoms with van der Waals surface area (Å²) in [5.41, 5.74) is 2.29. The first kappa shape index (κ1) is 22.8. The van der Waals surface area contributed by atoms with Crippen molar-refractivity contribution in [3.05, 3.63) is 71.0 Å². The average molecular weight is 463 g/mol. The summed E-state index contributed by atoms with van der Waals surface area (Å²) in [4.78, 5) is 30.4. The fraction of sp³-hybridized carbons (Fsp3) is 0.429. The van der Waals surface area contributed by atoms with Crippen molar-refractivity contribution >= 4 is 17.8 Å². The van der Waals surface area contributed by atoms with Gasteiger partial charge in [-0.15, -0.1) is 0 Å². The molecule has 3 heterocycles. The number of carbonyl (C=O) groups excluding carboxylic acids is 2. The molecule has 3 aliphatic rings. The van der Waals surface area contributed by atoms with E-state index < -0.39 is 0 Å². The number of ether oxygens (including phenoxy) is 1. The molecule has 0 saturated carbocycles. The van der Waals surface area contributed by atoms with Crippen molar-refractivity contribution in [1.29, 1.82) is 0 Å². The molecule has 0 bridgehead atoms. The molecule has 2 aromatic rings. The van der Waals surface area contributed by atoms with E-state index in [0.29, 0.717) is 12.2 Å². The van der Waals surface area contributed by atoms with Crippen LogP contribution in [-0.2, 0) is 4.79 Å². The van der Waals surface area contributed by atoms with Crippen LogP contribution in [0.25, 0.3) is 6.08 Å². The molecule has 1 amide bonds. The Labute approximate surface area is 200 Å². The number of likely N-dealkylation sites (tertiary alicyclic amines) is 2. The zero-order valence-electron chi connectivity index (χ0n) is 19.4. The maximum Gasteiger partial charge on any atom is 0.253 e. The van der Waals surface area contributed by atoms with E-state index in [2.05, 4.69) is 4.90 Å². The predicted octanol–water partition coefficient (Wildman–Crippen LogP) is 4.58. The van der Waals surface area contributed by atoms with Crippen molar-refractivity contribution in [2.75, 3.05) is 32.8 Å². The normalized spacial score (nSPS) is 21.0. The quantitative estimate of drug-likeness (QED) is 0.590. The Morgan fingerprint density at radius 2 is 1.74 bits per heavy atom. The lowest BCUT2D eigenvalue weighted by atomic mass is 9.88. The lowest BCUT2D eigenvalue weighted by Gasteiger charge is -2.33. The number of benzene rings is 2. The highest BCUT2D eigenvalue weighted by Gasteiger charge is 2.32. The van der Waals surface area contributed by atoms with Gasteiger partial charge in [0.2, 0.25) is 0 Å². The van der Waals surface area contributed by atoms with Gasteiger partial charge in [-0.05, 0) is 81.6 Å². The fourth-order valence-corrected chi connectivity index (χ4v) is 5.43. The maximum absolute atomic E-state index is 13.2. The van der Waals surface area contributed by atoms with Crippen LogP contribution >= 0.6 is 0 Å². The van der Waals surface area contributed by atoms with Crippen molar-refractivity contribution in [3.63, 3.8) is 0 Å². The van der Waals surface area contributed by atoms with E-state index in [1.165, 1.54) is 12.1 Å². The summed E-state index contributed by atoms with van der Waals surface area (Å²) in [5.74, 6) is 0.742. The third kappa shape index (κ3) is 4.92. The van der Waals surface area contributed by atoms with E-state index in [1.54, 1.807) is 12.1 Å². The zero-order valence-corrected chi connectivity index (χ0v) is 19.4. The summed E-state index contributed by atoms with van der Waals surface area (Å²) < 4.78 is 19.0. The smallest absolute Gasteiger partial charge is 0.253 e. The number of amides is 1. The molecule has 1 atom stereocenters. The van der Waals surface area contributed by atoms with E-state index >= 15 is 0 Å². The molecule has 3 aliphatic heterocycles. The van der Waals surface area contributed by atoms with Crippen LogP contribution in [0.15, 0.2) is 54.1 Å². The minimum absolute atomic E-state index is 0.00684. The third-order valence-electron chi connectivity index (χ3n) is 7.41. The van der Waals surface area contributed by atoms with Gasteiger partial charge in [0.1, 0.15) is 18.2 Å². The second-order valence-corrected chi connectivity index (χ2v) is 9.57. The fourth-order valence-electron chi connectivity index (χ4n) is 5.43. The van der Waals surface area contributed by atoms with E-state index in [9.17, 15) is 14.0 Å². The molecule has 0 aliphatic carbocycles. The van der Waals surface area contributed by atoms with Crippen molar-refractivity contribution in [3.8, 4) is 5.75 Å². The zero-order chi connectivity index (χ0) is 23.5. The molecule has 0 spiro atoms. The summed E-state index contributed by atoms with van der Waals surface area (Å²) in [7, 11) is 0. The third-order valence-corrected chi connectivity index (χ3v) is 7.41. The van der Waals surface area contributed by atoms with Crippen molar-refractivity contribution < 1.29 is 18.7 Å². The highest BCUT2D eigenvalue weighted by atomic mass is 19.1. The largest absolute Gasteiger partial charge is 0.488 e. The minimum atomic E-state index is -0.317. The predicted molar refractivity (Wildman–Crippen MR) is 129 cm³/mol. The number of ketones is 1. The number of nitrogens with zero attached hydrogens (tertiary/aromatic N) is 2. The highest BCUT2D eigenvalue weighted by molar-refractivity contribution is 5.99. The van der Waals surface area contributed by atoms with Crippen molar-refractivity contribution in [2.45, 2.75) is 38.1 Å². The maximum atomic E-state index is 13.2. The molecule has 2 aromatic carbocycles. The molecule has 0 N–H and O–H groups in total. The topological polar surface area (TPSA) is 49.9 Å². The van der Waals surface area contributed by atoms with Crippen LogP contribution in [-0.4, -0.2) is 60.3 Å². The van der Waals surface area contributed by atoms with Crippen molar-refractivity contribution in [1.82, 2.24) is 9.80 Å². The lowest BCUT2D eigenvalue weighted by Crippen LogP contribution is -2.42. The molecule has 0 aromatic heterocycles. The van der Waals surface area contributed by atoms with Gasteiger partial charge in [-0.1, -0.05) is 18.2 Å². The van der Waals surface area contributed by atoms with Gasteiger partial charge in [-0.25, -0.2) is 4.39 Å². The second kappa shape index (κ2) is 10.1. The Kier molecular flexibility index (Phi) is 6.77. The Bertz CT molecular complexity index is 1070. The molecule has 2 fully saturated rings. The molecule has 34 heavy (non-hydrogen) atoms. The molecule has 6 heteroatoms. The average Bonchev–Trinajstić information content (AvgIpc) is 3.36. The van der Waals surface area contributed by atoms with Gasteiger partial charge < -0.3 is 14.5 Å². The van der Waals surface area contributed by atoms with E-state index in [-0.39, 0.29) is 29.5 Å². The van der Waals surface area contributed by atoms with Gasteiger partial charge >= 0.3 is 0 Å². The monoisotopic (exact) mass is 462 g/mol. The van der Waals surface area contributed by atoms with Gasteiger partial charge in [0.25, 0.3) is 5.91 Å². The number of rotatable bonds is 6. The SMILES string of the molecule is O=C(c1ccc(F)cc1)C1CCN(CCC2CCCN2C(=O)C2=Cc3ccccc3OC2)CC1. The van der Waals surface area contributed by atoms with Gasteiger partial charge in [-0.2, -0.15) is 0 Å². The lowest BCUT2D eigenvalue weighted by molar-refractivity contribution is -0.128. The van der Waals surface area contributed by atoms with Crippen LogP contribution in [0.4, 0.5) is 4.39 Å². The first-order chi connectivity index (χ1) is 16.6. The van der Waals surface area contributed by atoms with Crippen molar-refractivity contribution in [2.24, 2.45) is 5.92 Å². The molecular formula is C28H31FN2O3. The Balaban J connectivity index is 1.12. The summed E-state index contributed by atoms with van der Waals surface area (Å²) in [6, 6.07) is 13.9. The van der Waals surface area contributed by atoms with Gasteiger partial charge in [0.15, 0.2) is 5.78 Å². The Morgan fingerprint density at radius 3 is 2.53 bits per heavy atom. The minimum Gasteiger partial charge on any atom is -0.488 e. The van der Waals surface area contributed by atoms with E-state index in [0.717, 1.165) is 75.2 Å². The summed E-state index contributed by atoms with van der Waals surface area (Å²) in [6.07, 6.45) is 6.65. The Hall–Kier alpha value is -2.99. The van der Waals surface area contributed by atoms with Gasteiger partial charge in [0.05, 0.1) is 5.57 Å². The molecule has 2 saturated heterocycles. The molecular weight excluding hydrogens is 431 g/mol. The number of fused-ring (bicyclic) bond motifs is 1. The standard InChI is InChI=1S/C28H31FN2O3/c29-24-9-7-20(8-10-24)27(32)21-11-15-30(16-12-21)17-13-25-5-3-14-31(25)28(33)23-18-22-4-1-2-6-26(22)34-19-23/h1-2,4,6-10,18,21,25H,3,5,11-17,19H2. The van der Waals surface area contributed by atoms with Crippen LogP contribution < -0.4 is 4.74 Å². The van der Waals surface area contributed by atoms with Crippen LogP contribution in [0.1, 0.15) is 48.0 Å². The van der Waals surface area contributed by atoms with E-state index in [1.807, 2.05) is 35.2 Å².